The molecule has 7 heteroatoms. The van der Waals surface area contributed by atoms with E-state index in [4.69, 9.17) is 28.4 Å². The van der Waals surface area contributed by atoms with Gasteiger partial charge in [0, 0.05) is 5.56 Å². The molecule has 0 unspecified atom stereocenters. The minimum Gasteiger partial charge on any atom is -0.411 e. The molecule has 1 aromatic carbocycles. The molecule has 0 radical (unpaired) electrons. The Bertz CT molecular complexity index is 539. The van der Waals surface area contributed by atoms with Crippen LogP contribution in [0.5, 0.6) is 0 Å². The summed E-state index contributed by atoms with van der Waals surface area (Å²) in [7, 11) is 0. The number of hydrogen-bond donors (Lipinski definition) is 1. The van der Waals surface area contributed by atoms with Crippen LogP contribution in [0.3, 0.4) is 0 Å². The van der Waals surface area contributed by atoms with Crippen LogP contribution in [0.4, 0.5) is 0 Å². The molecule has 0 aliphatic rings. The van der Waals surface area contributed by atoms with E-state index in [0.29, 0.717) is 27.9 Å². The topological polar surface area (TPSA) is 63.3 Å². The summed E-state index contributed by atoms with van der Waals surface area (Å²) in [6.45, 7) is 0.300. The van der Waals surface area contributed by atoms with E-state index in [1.807, 2.05) is 0 Å². The van der Waals surface area contributed by atoms with E-state index in [1.165, 1.54) is 17.3 Å². The number of halogens is 2. The summed E-state index contributed by atoms with van der Waals surface area (Å²) in [4.78, 5) is 3.80. The number of benzene rings is 1. The summed E-state index contributed by atoms with van der Waals surface area (Å²) in [5.41, 5.74) is 1.10. The molecule has 2 rings (SSSR count). The second kappa shape index (κ2) is 5.16. The quantitative estimate of drug-likeness (QED) is 0.530. The Morgan fingerprint density at radius 2 is 2.18 bits per heavy atom. The molecule has 0 fully saturated rings. The van der Waals surface area contributed by atoms with Gasteiger partial charge < -0.3 is 5.21 Å². The van der Waals surface area contributed by atoms with Gasteiger partial charge in [-0.2, -0.15) is 5.10 Å². The average molecular weight is 271 g/mol. The van der Waals surface area contributed by atoms with Crippen LogP contribution in [0.1, 0.15) is 5.56 Å². The molecule has 0 atom stereocenters. The molecule has 0 bridgehead atoms. The molecule has 0 spiro atoms. The minimum absolute atomic E-state index is 0.300. The Hall–Kier alpha value is -1.59. The summed E-state index contributed by atoms with van der Waals surface area (Å²) < 4.78 is 1.54. The van der Waals surface area contributed by atoms with Gasteiger partial charge in [-0.3, -0.25) is 0 Å². The molecule has 2 aromatic rings. The first-order valence-corrected chi connectivity index (χ1v) is 5.45. The van der Waals surface area contributed by atoms with Gasteiger partial charge in [0.15, 0.2) is 0 Å². The third-order valence-corrected chi connectivity index (χ3v) is 2.89. The van der Waals surface area contributed by atoms with Crippen LogP contribution in [-0.4, -0.2) is 25.7 Å². The lowest BCUT2D eigenvalue weighted by molar-refractivity contribution is 0.317. The summed E-state index contributed by atoms with van der Waals surface area (Å²) in [6.07, 6.45) is 2.94. The number of aromatic nitrogens is 3. The molecular weight excluding hydrogens is 263 g/mol. The molecule has 0 amide bonds. The minimum atomic E-state index is 0.300. The van der Waals surface area contributed by atoms with Gasteiger partial charge in [0.2, 0.25) is 0 Å². The number of rotatable bonds is 3. The SMILES string of the molecule is ON=C(Cn1cncn1)c1ccc(Cl)c(Cl)c1. The first-order valence-electron chi connectivity index (χ1n) is 4.69. The van der Waals surface area contributed by atoms with Crippen molar-refractivity contribution in [3.8, 4) is 0 Å². The van der Waals surface area contributed by atoms with E-state index >= 15 is 0 Å². The zero-order chi connectivity index (χ0) is 12.3. The third kappa shape index (κ3) is 2.75. The van der Waals surface area contributed by atoms with Crippen molar-refractivity contribution < 1.29 is 5.21 Å². The molecule has 88 valence electrons. The van der Waals surface area contributed by atoms with E-state index < -0.39 is 0 Å². The van der Waals surface area contributed by atoms with Crippen molar-refractivity contribution in [3.05, 3.63) is 46.5 Å². The normalized spacial score (nSPS) is 11.8. The van der Waals surface area contributed by atoms with Crippen LogP contribution in [0.15, 0.2) is 36.0 Å². The van der Waals surface area contributed by atoms with Gasteiger partial charge in [-0.1, -0.05) is 34.4 Å². The Morgan fingerprint density at radius 1 is 1.35 bits per heavy atom. The monoisotopic (exact) mass is 270 g/mol. The fraction of sp³-hybridized carbons (Fsp3) is 0.100. The lowest BCUT2D eigenvalue weighted by atomic mass is 10.1. The van der Waals surface area contributed by atoms with E-state index in [2.05, 4.69) is 15.2 Å². The fourth-order valence-corrected chi connectivity index (χ4v) is 1.62. The average Bonchev–Trinajstić information content (AvgIpc) is 2.82. The van der Waals surface area contributed by atoms with Gasteiger partial charge in [0.1, 0.15) is 18.4 Å². The van der Waals surface area contributed by atoms with Gasteiger partial charge in [-0.05, 0) is 12.1 Å². The maximum atomic E-state index is 8.99. The van der Waals surface area contributed by atoms with E-state index in [0.717, 1.165) is 0 Å². The summed E-state index contributed by atoms with van der Waals surface area (Å²) in [5.74, 6) is 0. The molecular formula is C10H8Cl2N4O. The highest BCUT2D eigenvalue weighted by Crippen LogP contribution is 2.23. The van der Waals surface area contributed by atoms with E-state index in [-0.39, 0.29) is 0 Å². The van der Waals surface area contributed by atoms with Crippen molar-refractivity contribution in [1.82, 2.24) is 14.8 Å². The highest BCUT2D eigenvalue weighted by Gasteiger charge is 2.08. The van der Waals surface area contributed by atoms with Gasteiger partial charge >= 0.3 is 0 Å². The molecule has 1 heterocycles. The zero-order valence-electron chi connectivity index (χ0n) is 8.59. The van der Waals surface area contributed by atoms with Crippen LogP contribution < -0.4 is 0 Å². The van der Waals surface area contributed by atoms with Crippen molar-refractivity contribution in [3.63, 3.8) is 0 Å². The van der Waals surface area contributed by atoms with Crippen molar-refractivity contribution in [2.24, 2.45) is 5.16 Å². The number of oxime groups is 1. The fourth-order valence-electron chi connectivity index (χ4n) is 1.32. The summed E-state index contributed by atoms with van der Waals surface area (Å²) >= 11 is 11.7. The van der Waals surface area contributed by atoms with Crippen LogP contribution in [0.25, 0.3) is 0 Å². The molecule has 1 aromatic heterocycles. The smallest absolute Gasteiger partial charge is 0.137 e. The summed E-state index contributed by atoms with van der Waals surface area (Å²) in [6, 6.07) is 5.00. The summed E-state index contributed by atoms with van der Waals surface area (Å²) in [5, 5.41) is 17.0. The van der Waals surface area contributed by atoms with Gasteiger partial charge in [0.25, 0.3) is 0 Å². The Balaban J connectivity index is 2.27. The first kappa shape index (κ1) is 11.9. The maximum absolute atomic E-state index is 8.99. The van der Waals surface area contributed by atoms with Gasteiger partial charge in [-0.15, -0.1) is 0 Å². The molecule has 1 N–H and O–H groups in total. The van der Waals surface area contributed by atoms with E-state index in [1.54, 1.807) is 18.2 Å². The maximum Gasteiger partial charge on any atom is 0.137 e. The largest absolute Gasteiger partial charge is 0.411 e. The number of hydrogen-bond acceptors (Lipinski definition) is 4. The van der Waals surface area contributed by atoms with Crippen molar-refractivity contribution in [2.45, 2.75) is 6.54 Å². The van der Waals surface area contributed by atoms with Crippen molar-refractivity contribution in [1.29, 1.82) is 0 Å². The Labute approximate surface area is 107 Å². The number of nitrogens with zero attached hydrogens (tertiary/aromatic N) is 4. The highest BCUT2D eigenvalue weighted by atomic mass is 35.5. The predicted octanol–water partition coefficient (Wildman–Crippen LogP) is 2.46. The molecule has 5 nitrogen and oxygen atoms in total. The van der Waals surface area contributed by atoms with E-state index in [9.17, 15) is 0 Å². The molecule has 0 saturated carbocycles. The predicted molar refractivity (Wildman–Crippen MR) is 64.8 cm³/mol. The Kier molecular flexibility index (Phi) is 3.61. The van der Waals surface area contributed by atoms with Gasteiger partial charge in [0.05, 0.1) is 16.6 Å². The molecule has 17 heavy (non-hydrogen) atoms. The molecule has 0 saturated heterocycles. The van der Waals surface area contributed by atoms with Crippen LogP contribution in [0.2, 0.25) is 10.0 Å². The standard InChI is InChI=1S/C10H8Cl2N4O/c11-8-2-1-7(3-9(8)12)10(15-17)4-16-6-13-5-14-16/h1-3,5-6,17H,4H2. The second-order valence-electron chi connectivity index (χ2n) is 3.27. The van der Waals surface area contributed by atoms with Gasteiger partial charge in [-0.25, -0.2) is 9.67 Å². The Morgan fingerprint density at radius 3 is 2.76 bits per heavy atom. The zero-order valence-corrected chi connectivity index (χ0v) is 10.1. The first-order chi connectivity index (χ1) is 8.20. The third-order valence-electron chi connectivity index (χ3n) is 2.15. The van der Waals surface area contributed by atoms with Crippen LogP contribution in [0, 0.1) is 0 Å². The van der Waals surface area contributed by atoms with Crippen LogP contribution in [-0.2, 0) is 6.54 Å². The molecule has 0 aliphatic heterocycles. The lowest BCUT2D eigenvalue weighted by Gasteiger charge is -2.05. The second-order valence-corrected chi connectivity index (χ2v) is 4.08. The lowest BCUT2D eigenvalue weighted by Crippen LogP contribution is -2.12. The highest BCUT2D eigenvalue weighted by molar-refractivity contribution is 6.42. The molecule has 0 aliphatic carbocycles. The van der Waals surface area contributed by atoms with Crippen LogP contribution >= 0.6 is 23.2 Å². The van der Waals surface area contributed by atoms with Crippen molar-refractivity contribution in [2.75, 3.05) is 0 Å². The van der Waals surface area contributed by atoms with Crippen molar-refractivity contribution >= 4 is 28.9 Å².